The van der Waals surface area contributed by atoms with Crippen molar-refractivity contribution >= 4 is 10.8 Å². The number of aromatic nitrogens is 2. The quantitative estimate of drug-likeness (QED) is 0.666. The smallest absolute Gasteiger partial charge is 0.141 e. The highest BCUT2D eigenvalue weighted by Crippen LogP contribution is 2.34. The van der Waals surface area contributed by atoms with Crippen LogP contribution >= 0.6 is 0 Å². The summed E-state index contributed by atoms with van der Waals surface area (Å²) in [7, 11) is 0. The SMILES string of the molecule is Cc1c[nH]c(-c2ccc3ccccc3c2O)n1. The number of benzene rings is 2. The van der Waals surface area contributed by atoms with Gasteiger partial charge in [-0.15, -0.1) is 0 Å². The van der Waals surface area contributed by atoms with E-state index >= 15 is 0 Å². The van der Waals surface area contributed by atoms with Crippen LogP contribution in [0, 0.1) is 6.92 Å². The predicted octanol–water partition coefficient (Wildman–Crippen LogP) is 3.24. The topological polar surface area (TPSA) is 48.9 Å². The van der Waals surface area contributed by atoms with Crippen LogP contribution in [0.4, 0.5) is 0 Å². The average Bonchev–Trinajstić information content (AvgIpc) is 2.77. The second-order valence-corrected chi connectivity index (χ2v) is 4.07. The molecule has 3 aromatic rings. The lowest BCUT2D eigenvalue weighted by atomic mass is 10.1. The number of hydrogen-bond acceptors (Lipinski definition) is 2. The zero-order valence-electron chi connectivity index (χ0n) is 9.44. The average molecular weight is 224 g/mol. The van der Waals surface area contributed by atoms with Gasteiger partial charge in [-0.25, -0.2) is 4.98 Å². The summed E-state index contributed by atoms with van der Waals surface area (Å²) in [6, 6.07) is 11.6. The van der Waals surface area contributed by atoms with Crippen LogP contribution in [0.3, 0.4) is 0 Å². The number of rotatable bonds is 1. The first-order valence-corrected chi connectivity index (χ1v) is 5.49. The van der Waals surface area contributed by atoms with Crippen LogP contribution in [0.5, 0.6) is 5.75 Å². The van der Waals surface area contributed by atoms with Gasteiger partial charge in [0.05, 0.1) is 11.3 Å². The molecule has 0 radical (unpaired) electrons. The van der Waals surface area contributed by atoms with Crippen molar-refractivity contribution in [1.82, 2.24) is 9.97 Å². The fourth-order valence-corrected chi connectivity index (χ4v) is 2.00. The van der Waals surface area contributed by atoms with Crippen LogP contribution in [-0.4, -0.2) is 15.1 Å². The Kier molecular flexibility index (Phi) is 2.11. The third-order valence-corrected chi connectivity index (χ3v) is 2.86. The third-order valence-electron chi connectivity index (χ3n) is 2.86. The molecule has 0 aliphatic carbocycles. The van der Waals surface area contributed by atoms with Crippen LogP contribution in [0.25, 0.3) is 22.2 Å². The van der Waals surface area contributed by atoms with Crippen molar-refractivity contribution in [1.29, 1.82) is 0 Å². The van der Waals surface area contributed by atoms with Gasteiger partial charge < -0.3 is 10.1 Å². The zero-order chi connectivity index (χ0) is 11.8. The molecule has 0 unspecified atom stereocenters. The third kappa shape index (κ3) is 1.56. The monoisotopic (exact) mass is 224 g/mol. The van der Waals surface area contributed by atoms with Crippen molar-refractivity contribution in [2.24, 2.45) is 0 Å². The Morgan fingerprint density at radius 1 is 1.12 bits per heavy atom. The lowest BCUT2D eigenvalue weighted by Gasteiger charge is -2.05. The number of hydrogen-bond donors (Lipinski definition) is 2. The molecule has 0 amide bonds. The molecule has 3 nitrogen and oxygen atoms in total. The Morgan fingerprint density at radius 3 is 2.71 bits per heavy atom. The first kappa shape index (κ1) is 9.90. The maximum Gasteiger partial charge on any atom is 0.141 e. The van der Waals surface area contributed by atoms with E-state index in [1.54, 1.807) is 0 Å². The van der Waals surface area contributed by atoms with Crippen LogP contribution in [0.15, 0.2) is 42.6 Å². The molecule has 0 aliphatic rings. The second kappa shape index (κ2) is 3.63. The molecule has 0 saturated carbocycles. The van der Waals surface area contributed by atoms with E-state index in [1.807, 2.05) is 49.5 Å². The van der Waals surface area contributed by atoms with Crippen molar-refractivity contribution in [2.75, 3.05) is 0 Å². The number of aryl methyl sites for hydroxylation is 1. The van der Waals surface area contributed by atoms with E-state index in [4.69, 9.17) is 0 Å². The summed E-state index contributed by atoms with van der Waals surface area (Å²) in [5.74, 6) is 0.975. The molecule has 0 aliphatic heterocycles. The van der Waals surface area contributed by atoms with Gasteiger partial charge >= 0.3 is 0 Å². The highest BCUT2D eigenvalue weighted by Gasteiger charge is 2.10. The van der Waals surface area contributed by atoms with Gasteiger partial charge in [-0.05, 0) is 18.4 Å². The van der Waals surface area contributed by atoms with Crippen LogP contribution in [0.1, 0.15) is 5.69 Å². The molecule has 0 saturated heterocycles. The number of nitrogens with zero attached hydrogens (tertiary/aromatic N) is 1. The molecule has 2 aromatic carbocycles. The first-order valence-electron chi connectivity index (χ1n) is 5.49. The zero-order valence-corrected chi connectivity index (χ0v) is 9.44. The van der Waals surface area contributed by atoms with Gasteiger partial charge in [-0.2, -0.15) is 0 Å². The van der Waals surface area contributed by atoms with Crippen molar-refractivity contribution in [3.63, 3.8) is 0 Å². The molecule has 3 rings (SSSR count). The van der Waals surface area contributed by atoms with Gasteiger partial charge in [0.15, 0.2) is 0 Å². The van der Waals surface area contributed by atoms with Crippen molar-refractivity contribution < 1.29 is 5.11 Å². The van der Waals surface area contributed by atoms with Gasteiger partial charge in [0, 0.05) is 11.6 Å². The number of aromatic amines is 1. The fourth-order valence-electron chi connectivity index (χ4n) is 2.00. The van der Waals surface area contributed by atoms with Gasteiger partial charge in [-0.3, -0.25) is 0 Å². The Bertz CT molecular complexity index is 686. The van der Waals surface area contributed by atoms with E-state index in [9.17, 15) is 5.11 Å². The number of phenols is 1. The molecule has 84 valence electrons. The molecule has 2 N–H and O–H groups in total. The second-order valence-electron chi connectivity index (χ2n) is 4.07. The summed E-state index contributed by atoms with van der Waals surface area (Å²) in [6.07, 6.45) is 1.82. The van der Waals surface area contributed by atoms with E-state index in [2.05, 4.69) is 9.97 Å². The van der Waals surface area contributed by atoms with E-state index in [0.717, 1.165) is 22.0 Å². The molecular formula is C14H12N2O. The number of phenolic OH excluding ortho intramolecular Hbond substituents is 1. The summed E-state index contributed by atoms with van der Waals surface area (Å²) in [5, 5.41) is 12.1. The molecule has 0 spiro atoms. The highest BCUT2D eigenvalue weighted by molar-refractivity contribution is 5.93. The summed E-state index contributed by atoms with van der Waals surface area (Å²) < 4.78 is 0. The van der Waals surface area contributed by atoms with Crippen LogP contribution in [-0.2, 0) is 0 Å². The Hall–Kier alpha value is -2.29. The lowest BCUT2D eigenvalue weighted by Crippen LogP contribution is -1.83. The van der Waals surface area contributed by atoms with E-state index < -0.39 is 0 Å². The number of fused-ring (bicyclic) bond motifs is 1. The molecule has 0 atom stereocenters. The summed E-state index contributed by atoms with van der Waals surface area (Å²) in [6.45, 7) is 1.91. The number of imidazole rings is 1. The number of H-pyrrole nitrogens is 1. The van der Waals surface area contributed by atoms with Gasteiger partial charge in [0.1, 0.15) is 11.6 Å². The predicted molar refractivity (Wildman–Crippen MR) is 67.9 cm³/mol. The molecule has 3 heteroatoms. The van der Waals surface area contributed by atoms with Gasteiger partial charge in [-0.1, -0.05) is 30.3 Å². The minimum absolute atomic E-state index is 0.275. The van der Waals surface area contributed by atoms with E-state index in [0.29, 0.717) is 5.82 Å². The first-order chi connectivity index (χ1) is 8.25. The molecule has 1 heterocycles. The normalized spacial score (nSPS) is 10.9. The number of aromatic hydroxyl groups is 1. The molecule has 0 bridgehead atoms. The summed E-state index contributed by atoms with van der Waals surface area (Å²) in [5.41, 5.74) is 1.64. The largest absolute Gasteiger partial charge is 0.507 e. The summed E-state index contributed by atoms with van der Waals surface area (Å²) in [4.78, 5) is 7.39. The molecular weight excluding hydrogens is 212 g/mol. The minimum atomic E-state index is 0.275. The maximum absolute atomic E-state index is 10.3. The molecule has 17 heavy (non-hydrogen) atoms. The van der Waals surface area contributed by atoms with Crippen LogP contribution in [0.2, 0.25) is 0 Å². The van der Waals surface area contributed by atoms with Crippen molar-refractivity contribution in [3.8, 4) is 17.1 Å². The van der Waals surface area contributed by atoms with E-state index in [1.165, 1.54) is 0 Å². The van der Waals surface area contributed by atoms with Crippen molar-refractivity contribution in [2.45, 2.75) is 6.92 Å². The van der Waals surface area contributed by atoms with Gasteiger partial charge in [0.2, 0.25) is 0 Å². The highest BCUT2D eigenvalue weighted by atomic mass is 16.3. The molecule has 0 fully saturated rings. The van der Waals surface area contributed by atoms with Crippen molar-refractivity contribution in [3.05, 3.63) is 48.3 Å². The number of nitrogens with one attached hydrogen (secondary N) is 1. The maximum atomic E-state index is 10.3. The van der Waals surface area contributed by atoms with Gasteiger partial charge in [0.25, 0.3) is 0 Å². The standard InChI is InChI=1S/C14H12N2O/c1-9-8-15-14(16-9)12-7-6-10-4-2-3-5-11(10)13(12)17/h2-8,17H,1H3,(H,15,16). The minimum Gasteiger partial charge on any atom is -0.507 e. The Labute approximate surface area is 98.8 Å². The molecule has 1 aromatic heterocycles. The Morgan fingerprint density at radius 2 is 1.94 bits per heavy atom. The summed E-state index contributed by atoms with van der Waals surface area (Å²) >= 11 is 0. The lowest BCUT2D eigenvalue weighted by molar-refractivity contribution is 0.483. The van der Waals surface area contributed by atoms with E-state index in [-0.39, 0.29) is 5.75 Å². The Balaban J connectivity index is 2.28. The fraction of sp³-hybridized carbons (Fsp3) is 0.0714. The van der Waals surface area contributed by atoms with Crippen LogP contribution < -0.4 is 0 Å².